The average molecular weight is 347 g/mol. The van der Waals surface area contributed by atoms with Crippen LogP contribution in [0.2, 0.25) is 0 Å². The van der Waals surface area contributed by atoms with Crippen LogP contribution in [0.25, 0.3) is 10.9 Å². The number of aromatic nitrogens is 2. The number of ether oxygens (including phenoxy) is 1. The second kappa shape index (κ2) is 7.47. The van der Waals surface area contributed by atoms with Crippen molar-refractivity contribution in [1.29, 1.82) is 0 Å². The van der Waals surface area contributed by atoms with E-state index >= 15 is 0 Å². The van der Waals surface area contributed by atoms with Crippen LogP contribution in [0.5, 0.6) is 0 Å². The SMILES string of the molecule is CCOC(=O)N[C@@H]1CCCN(Cn2ncc3cc([N+](=O)[O-])ccc32)C1. The first-order valence-electron chi connectivity index (χ1n) is 8.32. The van der Waals surface area contributed by atoms with Gasteiger partial charge in [-0.2, -0.15) is 5.10 Å². The van der Waals surface area contributed by atoms with Gasteiger partial charge in [-0.15, -0.1) is 0 Å². The highest BCUT2D eigenvalue weighted by molar-refractivity contribution is 5.81. The minimum atomic E-state index is -0.410. The number of alkyl carbamates (subject to hydrolysis) is 1. The maximum Gasteiger partial charge on any atom is 0.407 e. The maximum absolute atomic E-state index is 11.6. The number of carbonyl (C=O) groups is 1. The molecule has 0 saturated carbocycles. The van der Waals surface area contributed by atoms with Crippen LogP contribution < -0.4 is 5.32 Å². The molecule has 1 aromatic heterocycles. The summed E-state index contributed by atoms with van der Waals surface area (Å²) in [6.45, 7) is 4.33. The summed E-state index contributed by atoms with van der Waals surface area (Å²) in [5.74, 6) is 0. The van der Waals surface area contributed by atoms with E-state index < -0.39 is 4.92 Å². The van der Waals surface area contributed by atoms with Crippen LogP contribution in [0.3, 0.4) is 0 Å². The Bertz CT molecular complexity index is 775. The van der Waals surface area contributed by atoms with E-state index in [0.29, 0.717) is 19.8 Å². The van der Waals surface area contributed by atoms with Gasteiger partial charge in [0.1, 0.15) is 0 Å². The third-order valence-electron chi connectivity index (χ3n) is 4.27. The van der Waals surface area contributed by atoms with Crippen molar-refractivity contribution in [3.63, 3.8) is 0 Å². The van der Waals surface area contributed by atoms with E-state index in [2.05, 4.69) is 15.3 Å². The van der Waals surface area contributed by atoms with E-state index in [1.54, 1.807) is 19.2 Å². The predicted octanol–water partition coefficient (Wildman–Crippen LogP) is 2.11. The molecule has 134 valence electrons. The minimum absolute atomic E-state index is 0.0516. The van der Waals surface area contributed by atoms with Gasteiger partial charge < -0.3 is 10.1 Å². The molecule has 2 heterocycles. The monoisotopic (exact) mass is 347 g/mol. The summed E-state index contributed by atoms with van der Waals surface area (Å²) in [7, 11) is 0. The van der Waals surface area contributed by atoms with Crippen LogP contribution in [0.4, 0.5) is 10.5 Å². The molecule has 3 rings (SSSR count). The van der Waals surface area contributed by atoms with E-state index in [0.717, 1.165) is 30.3 Å². The Labute approximate surface area is 144 Å². The zero-order valence-corrected chi connectivity index (χ0v) is 14.1. The highest BCUT2D eigenvalue weighted by Gasteiger charge is 2.22. The van der Waals surface area contributed by atoms with E-state index in [4.69, 9.17) is 4.74 Å². The Morgan fingerprint density at radius 1 is 1.52 bits per heavy atom. The molecule has 0 unspecified atom stereocenters. The number of hydrogen-bond acceptors (Lipinski definition) is 6. The van der Waals surface area contributed by atoms with Crippen LogP contribution in [0, 0.1) is 10.1 Å². The first kappa shape index (κ1) is 17.2. The Morgan fingerprint density at radius 3 is 3.12 bits per heavy atom. The van der Waals surface area contributed by atoms with Crippen molar-refractivity contribution in [2.45, 2.75) is 32.5 Å². The zero-order valence-electron chi connectivity index (χ0n) is 14.1. The van der Waals surface area contributed by atoms with Crippen molar-refractivity contribution in [2.24, 2.45) is 0 Å². The quantitative estimate of drug-likeness (QED) is 0.656. The van der Waals surface area contributed by atoms with Crippen molar-refractivity contribution < 1.29 is 14.5 Å². The van der Waals surface area contributed by atoms with E-state index in [-0.39, 0.29) is 17.8 Å². The first-order valence-corrected chi connectivity index (χ1v) is 8.32. The molecule has 9 heteroatoms. The van der Waals surface area contributed by atoms with Crippen LogP contribution in [0.1, 0.15) is 19.8 Å². The summed E-state index contributed by atoms with van der Waals surface area (Å²) >= 11 is 0. The van der Waals surface area contributed by atoms with Gasteiger partial charge in [0.15, 0.2) is 0 Å². The van der Waals surface area contributed by atoms with Gasteiger partial charge in [0.05, 0.1) is 29.9 Å². The van der Waals surface area contributed by atoms with Crippen molar-refractivity contribution in [2.75, 3.05) is 19.7 Å². The zero-order chi connectivity index (χ0) is 17.8. The van der Waals surface area contributed by atoms with Crippen LogP contribution in [-0.4, -0.2) is 51.4 Å². The number of rotatable bonds is 5. The normalized spacial score (nSPS) is 18.2. The first-order chi connectivity index (χ1) is 12.1. The van der Waals surface area contributed by atoms with Crippen LogP contribution in [0.15, 0.2) is 24.4 Å². The number of piperidine rings is 1. The lowest BCUT2D eigenvalue weighted by Crippen LogP contribution is -2.48. The predicted molar refractivity (Wildman–Crippen MR) is 91.1 cm³/mol. The molecule has 9 nitrogen and oxygen atoms in total. The highest BCUT2D eigenvalue weighted by Crippen LogP contribution is 2.21. The van der Waals surface area contributed by atoms with Gasteiger partial charge in [0.2, 0.25) is 0 Å². The van der Waals surface area contributed by atoms with Crippen LogP contribution in [-0.2, 0) is 11.4 Å². The molecule has 1 N–H and O–H groups in total. The number of fused-ring (bicyclic) bond motifs is 1. The summed E-state index contributed by atoms with van der Waals surface area (Å²) in [6, 6.07) is 4.79. The molecule has 2 aromatic rings. The molecule has 0 aliphatic carbocycles. The Balaban J connectivity index is 1.66. The number of likely N-dealkylation sites (tertiary alicyclic amines) is 1. The number of nitro benzene ring substituents is 1. The molecule has 1 aliphatic heterocycles. The second-order valence-corrected chi connectivity index (χ2v) is 6.07. The van der Waals surface area contributed by atoms with Crippen molar-refractivity contribution in [1.82, 2.24) is 20.0 Å². The minimum Gasteiger partial charge on any atom is -0.450 e. The van der Waals surface area contributed by atoms with Gasteiger partial charge in [-0.05, 0) is 25.8 Å². The third-order valence-corrected chi connectivity index (χ3v) is 4.27. The van der Waals surface area contributed by atoms with E-state index in [1.807, 2.05) is 4.68 Å². The molecular formula is C16H21N5O4. The van der Waals surface area contributed by atoms with Crippen molar-refractivity contribution in [3.8, 4) is 0 Å². The molecule has 25 heavy (non-hydrogen) atoms. The van der Waals surface area contributed by atoms with Gasteiger partial charge in [0.25, 0.3) is 5.69 Å². The van der Waals surface area contributed by atoms with Gasteiger partial charge in [-0.1, -0.05) is 0 Å². The Kier molecular flexibility index (Phi) is 5.13. The number of nitrogens with one attached hydrogen (secondary N) is 1. The smallest absolute Gasteiger partial charge is 0.407 e. The van der Waals surface area contributed by atoms with Gasteiger partial charge in [0, 0.05) is 36.7 Å². The molecule has 0 radical (unpaired) electrons. The second-order valence-electron chi connectivity index (χ2n) is 6.07. The standard InChI is InChI=1S/C16H21N5O4/c1-2-25-16(22)18-13-4-3-7-19(10-13)11-20-15-6-5-14(21(23)24)8-12(15)9-17-20/h5-6,8-9,13H,2-4,7,10-11H2,1H3,(H,18,22)/t13-/m1/s1. The summed E-state index contributed by atoms with van der Waals surface area (Å²) < 4.78 is 6.76. The number of nitro groups is 1. The number of benzene rings is 1. The summed E-state index contributed by atoms with van der Waals surface area (Å²) in [4.78, 5) is 24.2. The summed E-state index contributed by atoms with van der Waals surface area (Å²) in [5, 5.41) is 18.8. The highest BCUT2D eigenvalue weighted by atomic mass is 16.6. The number of amides is 1. The fourth-order valence-corrected chi connectivity index (χ4v) is 3.13. The van der Waals surface area contributed by atoms with Crippen LogP contribution >= 0.6 is 0 Å². The van der Waals surface area contributed by atoms with Crippen molar-refractivity contribution >= 4 is 22.7 Å². The number of carbonyl (C=O) groups excluding carboxylic acids is 1. The number of hydrogen-bond donors (Lipinski definition) is 1. The summed E-state index contributed by atoms with van der Waals surface area (Å²) in [5.41, 5.74) is 0.912. The van der Waals surface area contributed by atoms with Gasteiger partial charge >= 0.3 is 6.09 Å². The molecule has 1 aromatic carbocycles. The topological polar surface area (TPSA) is 103 Å². The largest absolute Gasteiger partial charge is 0.450 e. The Hall–Kier alpha value is -2.68. The molecular weight excluding hydrogens is 326 g/mol. The summed E-state index contributed by atoms with van der Waals surface area (Å²) in [6.07, 6.45) is 3.15. The average Bonchev–Trinajstić information content (AvgIpc) is 2.97. The van der Waals surface area contributed by atoms with E-state index in [1.165, 1.54) is 12.1 Å². The Morgan fingerprint density at radius 2 is 2.36 bits per heavy atom. The van der Waals surface area contributed by atoms with Gasteiger partial charge in [-0.25, -0.2) is 4.79 Å². The molecule has 1 aliphatic rings. The molecule has 1 saturated heterocycles. The number of non-ortho nitro benzene ring substituents is 1. The molecule has 0 spiro atoms. The third kappa shape index (κ3) is 4.05. The van der Waals surface area contributed by atoms with Gasteiger partial charge in [-0.3, -0.25) is 19.7 Å². The fraction of sp³-hybridized carbons (Fsp3) is 0.500. The molecule has 1 atom stereocenters. The number of nitrogens with zero attached hydrogens (tertiary/aromatic N) is 4. The van der Waals surface area contributed by atoms with E-state index in [9.17, 15) is 14.9 Å². The molecule has 1 amide bonds. The molecule has 0 bridgehead atoms. The fourth-order valence-electron chi connectivity index (χ4n) is 3.13. The lowest BCUT2D eigenvalue weighted by atomic mass is 10.1. The molecule has 1 fully saturated rings. The lowest BCUT2D eigenvalue weighted by Gasteiger charge is -2.32. The maximum atomic E-state index is 11.6. The van der Waals surface area contributed by atoms with Crippen molar-refractivity contribution in [3.05, 3.63) is 34.5 Å². The lowest BCUT2D eigenvalue weighted by molar-refractivity contribution is -0.384.